The van der Waals surface area contributed by atoms with Crippen molar-refractivity contribution < 1.29 is 14.5 Å². The number of ether oxygens (including phenoxy) is 1. The lowest BCUT2D eigenvalue weighted by Gasteiger charge is -2.07. The third-order valence-corrected chi connectivity index (χ3v) is 3.03. The first-order valence-corrected chi connectivity index (χ1v) is 6.03. The number of rotatable bonds is 4. The highest BCUT2D eigenvalue weighted by Crippen LogP contribution is 2.33. The fourth-order valence-electron chi connectivity index (χ4n) is 1.14. The summed E-state index contributed by atoms with van der Waals surface area (Å²) in [7, 11) is 1.36. The molecule has 0 saturated heterocycles. The predicted molar refractivity (Wildman–Crippen MR) is 65.5 cm³/mol. The van der Waals surface area contributed by atoms with Crippen LogP contribution in [0.15, 0.2) is 16.6 Å². The van der Waals surface area contributed by atoms with E-state index < -0.39 is 4.92 Å². The molecule has 0 N–H and O–H groups in total. The van der Waals surface area contributed by atoms with Crippen LogP contribution in [0.3, 0.4) is 0 Å². The molecule has 0 amide bonds. The first kappa shape index (κ1) is 13.1. The van der Waals surface area contributed by atoms with Gasteiger partial charge in [0, 0.05) is 0 Å². The van der Waals surface area contributed by atoms with E-state index in [1.807, 2.05) is 0 Å². The Labute approximate surface area is 108 Å². The zero-order valence-electron chi connectivity index (χ0n) is 8.20. The first-order chi connectivity index (χ1) is 7.51. The number of methoxy groups -OCH3 is 1. The Balaban J connectivity index is 3.37. The quantitative estimate of drug-likeness (QED) is 0.361. The highest BCUT2D eigenvalue weighted by Gasteiger charge is 2.20. The van der Waals surface area contributed by atoms with Crippen LogP contribution in [0.25, 0.3) is 0 Å². The van der Waals surface area contributed by atoms with Crippen LogP contribution in [0.4, 0.5) is 5.69 Å². The van der Waals surface area contributed by atoms with Crippen LogP contribution < -0.4 is 4.74 Å². The van der Waals surface area contributed by atoms with Crippen molar-refractivity contribution >= 4 is 43.3 Å². The molecule has 0 radical (unpaired) electrons. The van der Waals surface area contributed by atoms with Crippen LogP contribution >= 0.6 is 31.9 Å². The van der Waals surface area contributed by atoms with E-state index in [1.165, 1.54) is 19.2 Å². The Morgan fingerprint density at radius 2 is 2.19 bits per heavy atom. The van der Waals surface area contributed by atoms with Crippen molar-refractivity contribution in [1.29, 1.82) is 0 Å². The molecule has 0 aliphatic rings. The summed E-state index contributed by atoms with van der Waals surface area (Å²) in [5, 5.41) is 10.8. The molecule has 0 heterocycles. The second-order valence-corrected chi connectivity index (χ2v) is 4.23. The predicted octanol–water partition coefficient (Wildman–Crippen LogP) is 2.94. The van der Waals surface area contributed by atoms with E-state index in [0.29, 0.717) is 5.56 Å². The summed E-state index contributed by atoms with van der Waals surface area (Å²) >= 11 is 6.08. The lowest BCUT2D eigenvalue weighted by molar-refractivity contribution is -0.385. The second kappa shape index (κ2) is 5.40. The van der Waals surface area contributed by atoms with E-state index in [-0.39, 0.29) is 27.0 Å². The number of hydrogen-bond acceptors (Lipinski definition) is 4. The maximum absolute atomic E-state index is 11.5. The molecule has 0 spiro atoms. The molecule has 0 atom stereocenters. The maximum atomic E-state index is 11.5. The number of hydrogen-bond donors (Lipinski definition) is 0. The molecule has 0 fully saturated rings. The van der Waals surface area contributed by atoms with Gasteiger partial charge in [0.15, 0.2) is 5.78 Å². The fraction of sp³-hybridized carbons (Fsp3) is 0.222. The van der Waals surface area contributed by atoms with E-state index in [0.717, 1.165) is 0 Å². The van der Waals surface area contributed by atoms with Gasteiger partial charge in [-0.05, 0) is 22.0 Å². The summed E-state index contributed by atoms with van der Waals surface area (Å²) in [6.45, 7) is 0. The number of ketones is 1. The van der Waals surface area contributed by atoms with Gasteiger partial charge >= 0.3 is 0 Å². The van der Waals surface area contributed by atoms with Crippen LogP contribution in [0.1, 0.15) is 10.4 Å². The summed E-state index contributed by atoms with van der Waals surface area (Å²) < 4.78 is 5.20. The number of carbonyl (C=O) groups excluding carboxylic acids is 1. The third kappa shape index (κ3) is 2.59. The van der Waals surface area contributed by atoms with Gasteiger partial charge in [-0.15, -0.1) is 0 Å². The topological polar surface area (TPSA) is 69.4 Å². The molecule has 1 rings (SSSR count). The Bertz CT molecular complexity index is 447. The smallest absolute Gasteiger partial charge is 0.287 e. The average Bonchev–Trinajstić information content (AvgIpc) is 2.27. The Morgan fingerprint density at radius 3 is 2.62 bits per heavy atom. The average molecular weight is 353 g/mol. The lowest BCUT2D eigenvalue weighted by Crippen LogP contribution is -2.04. The van der Waals surface area contributed by atoms with E-state index in [9.17, 15) is 14.9 Å². The Morgan fingerprint density at radius 1 is 1.56 bits per heavy atom. The highest BCUT2D eigenvalue weighted by atomic mass is 79.9. The minimum Gasteiger partial charge on any atom is -0.496 e. The number of nitrogens with zero attached hydrogens (tertiary/aromatic N) is 1. The van der Waals surface area contributed by atoms with Crippen LogP contribution in [0.5, 0.6) is 5.75 Å². The van der Waals surface area contributed by atoms with Crippen LogP contribution in [-0.4, -0.2) is 23.1 Å². The summed E-state index contributed by atoms with van der Waals surface area (Å²) in [5.74, 6) is -0.00759. The number of carbonyl (C=O) groups is 1. The minimum atomic E-state index is -0.547. The normalized spacial score (nSPS) is 9.94. The van der Waals surface area contributed by atoms with Gasteiger partial charge < -0.3 is 4.74 Å². The Kier molecular flexibility index (Phi) is 4.43. The van der Waals surface area contributed by atoms with E-state index in [1.54, 1.807) is 0 Å². The number of benzene rings is 1. The molecule has 86 valence electrons. The standard InChI is InChI=1S/C9H7Br2NO4/c1-16-9-3-7(12(14)15)6(11)2-5(9)8(13)4-10/h2-3H,4H2,1H3. The van der Waals surface area contributed by atoms with Gasteiger partial charge in [-0.25, -0.2) is 0 Å². The molecule has 1 aromatic rings. The van der Waals surface area contributed by atoms with Crippen molar-refractivity contribution in [1.82, 2.24) is 0 Å². The molecule has 0 aromatic heterocycles. The number of Topliss-reactive ketones (excluding diaryl/α,β-unsaturated/α-hetero) is 1. The molecule has 5 nitrogen and oxygen atoms in total. The van der Waals surface area contributed by atoms with Gasteiger partial charge in [-0.2, -0.15) is 0 Å². The van der Waals surface area contributed by atoms with E-state index in [2.05, 4.69) is 31.9 Å². The van der Waals surface area contributed by atoms with Gasteiger partial charge in [0.25, 0.3) is 5.69 Å². The van der Waals surface area contributed by atoms with Gasteiger partial charge in [0.1, 0.15) is 5.75 Å². The molecule has 0 bridgehead atoms. The summed E-state index contributed by atoms with van der Waals surface area (Å²) in [5.41, 5.74) is 0.167. The zero-order valence-corrected chi connectivity index (χ0v) is 11.4. The van der Waals surface area contributed by atoms with Crippen molar-refractivity contribution in [3.63, 3.8) is 0 Å². The zero-order chi connectivity index (χ0) is 12.3. The largest absolute Gasteiger partial charge is 0.496 e. The maximum Gasteiger partial charge on any atom is 0.287 e. The van der Waals surface area contributed by atoms with Gasteiger partial charge in [-0.1, -0.05) is 15.9 Å². The number of nitro benzene ring substituents is 1. The van der Waals surface area contributed by atoms with E-state index in [4.69, 9.17) is 4.74 Å². The monoisotopic (exact) mass is 351 g/mol. The summed E-state index contributed by atoms with van der Waals surface area (Å²) in [6, 6.07) is 2.61. The first-order valence-electron chi connectivity index (χ1n) is 4.12. The van der Waals surface area contributed by atoms with Crippen molar-refractivity contribution in [3.8, 4) is 5.75 Å². The highest BCUT2D eigenvalue weighted by molar-refractivity contribution is 9.10. The SMILES string of the molecule is COc1cc([N+](=O)[O-])c(Br)cc1C(=O)CBr. The summed E-state index contributed by atoms with van der Waals surface area (Å²) in [4.78, 5) is 21.6. The fourth-order valence-corrected chi connectivity index (χ4v) is 1.93. The van der Waals surface area contributed by atoms with Gasteiger partial charge in [0.2, 0.25) is 0 Å². The van der Waals surface area contributed by atoms with Crippen LogP contribution in [0, 0.1) is 10.1 Å². The second-order valence-electron chi connectivity index (χ2n) is 2.82. The number of alkyl halides is 1. The van der Waals surface area contributed by atoms with Crippen molar-refractivity contribution in [2.75, 3.05) is 12.4 Å². The van der Waals surface area contributed by atoms with Crippen LogP contribution in [0.2, 0.25) is 0 Å². The molecule has 1 aromatic carbocycles. The Hall–Kier alpha value is -0.950. The van der Waals surface area contributed by atoms with Gasteiger partial charge in [0.05, 0.1) is 33.5 Å². The molecule has 0 aliphatic heterocycles. The molecule has 16 heavy (non-hydrogen) atoms. The molecule has 0 saturated carbocycles. The molecule has 7 heteroatoms. The third-order valence-electron chi connectivity index (χ3n) is 1.89. The summed E-state index contributed by atoms with van der Waals surface area (Å²) in [6.07, 6.45) is 0. The van der Waals surface area contributed by atoms with E-state index >= 15 is 0 Å². The minimum absolute atomic E-state index is 0.133. The van der Waals surface area contributed by atoms with Crippen molar-refractivity contribution in [2.45, 2.75) is 0 Å². The molecular weight excluding hydrogens is 346 g/mol. The van der Waals surface area contributed by atoms with Gasteiger partial charge in [-0.3, -0.25) is 14.9 Å². The van der Waals surface area contributed by atoms with Crippen molar-refractivity contribution in [3.05, 3.63) is 32.3 Å². The lowest BCUT2D eigenvalue weighted by atomic mass is 10.1. The van der Waals surface area contributed by atoms with Crippen molar-refractivity contribution in [2.24, 2.45) is 0 Å². The molecule has 0 unspecified atom stereocenters. The van der Waals surface area contributed by atoms with Crippen LogP contribution in [-0.2, 0) is 0 Å². The molecule has 0 aliphatic carbocycles. The number of nitro groups is 1. The molecular formula is C9H7Br2NO4. The number of halogens is 2.